The molecule has 0 bridgehead atoms. The summed E-state index contributed by atoms with van der Waals surface area (Å²) in [5.41, 5.74) is 0.656. The summed E-state index contributed by atoms with van der Waals surface area (Å²) >= 11 is 13.6. The van der Waals surface area contributed by atoms with Crippen LogP contribution in [0.1, 0.15) is 0 Å². The largest absolute Gasteiger partial charge is 0.322 e. The third-order valence-corrected chi connectivity index (χ3v) is 5.47. The fourth-order valence-electron chi connectivity index (χ4n) is 2.43. The van der Waals surface area contributed by atoms with Gasteiger partial charge < -0.3 is 15.1 Å². The molecule has 0 spiro atoms. The molecule has 7 heteroatoms. The first kappa shape index (κ1) is 16.7. The van der Waals surface area contributed by atoms with Gasteiger partial charge in [0, 0.05) is 30.1 Å². The van der Waals surface area contributed by atoms with Crippen LogP contribution in [0.3, 0.4) is 0 Å². The molecule has 2 atom stereocenters. The smallest absolute Gasteiger partial charge is 0.321 e. The Morgan fingerprint density at radius 1 is 1.33 bits per heavy atom. The van der Waals surface area contributed by atoms with Gasteiger partial charge in [-0.2, -0.15) is 11.8 Å². The maximum atomic E-state index is 12.4. The number of rotatable bonds is 3. The summed E-state index contributed by atoms with van der Waals surface area (Å²) in [6.45, 7) is 1.48. The average molecular weight is 348 g/mol. The van der Waals surface area contributed by atoms with Gasteiger partial charge in [-0.15, -0.1) is 0 Å². The molecular formula is C14H19Cl2N3OS. The lowest BCUT2D eigenvalue weighted by atomic mass is 10.2. The highest BCUT2D eigenvalue weighted by Crippen LogP contribution is 2.27. The Hall–Kier alpha value is -0.620. The topological polar surface area (TPSA) is 35.6 Å². The summed E-state index contributed by atoms with van der Waals surface area (Å²) in [6.07, 6.45) is 2.08. The van der Waals surface area contributed by atoms with Crippen LogP contribution in [0.25, 0.3) is 0 Å². The number of thioether (sulfide) groups is 1. The zero-order chi connectivity index (χ0) is 15.6. The summed E-state index contributed by atoms with van der Waals surface area (Å²) < 4.78 is 0. The minimum absolute atomic E-state index is 0.100. The number of likely N-dealkylation sites (tertiary alicyclic amines) is 1. The van der Waals surface area contributed by atoms with Crippen LogP contribution in [-0.2, 0) is 0 Å². The molecule has 1 aromatic carbocycles. The fourth-order valence-corrected chi connectivity index (χ4v) is 3.70. The van der Waals surface area contributed by atoms with Crippen LogP contribution in [0.4, 0.5) is 10.5 Å². The number of carbonyl (C=O) groups excluding carboxylic acids is 1. The maximum absolute atomic E-state index is 12.4. The maximum Gasteiger partial charge on any atom is 0.321 e. The van der Waals surface area contributed by atoms with Crippen molar-refractivity contribution in [3.63, 3.8) is 0 Å². The molecule has 1 aliphatic heterocycles. The number of urea groups is 1. The van der Waals surface area contributed by atoms with Crippen molar-refractivity contribution in [1.29, 1.82) is 0 Å². The van der Waals surface area contributed by atoms with E-state index in [1.54, 1.807) is 30.0 Å². The van der Waals surface area contributed by atoms with Crippen molar-refractivity contribution in [3.05, 3.63) is 28.2 Å². The van der Waals surface area contributed by atoms with Crippen LogP contribution >= 0.6 is 35.0 Å². The lowest BCUT2D eigenvalue weighted by Gasteiger charge is -2.23. The molecule has 0 unspecified atom stereocenters. The second-order valence-corrected chi connectivity index (χ2v) is 7.16. The van der Waals surface area contributed by atoms with E-state index in [1.807, 2.05) is 19.0 Å². The van der Waals surface area contributed by atoms with Crippen LogP contribution in [-0.4, -0.2) is 60.6 Å². The van der Waals surface area contributed by atoms with E-state index in [9.17, 15) is 4.79 Å². The van der Waals surface area contributed by atoms with Gasteiger partial charge in [-0.25, -0.2) is 4.79 Å². The van der Waals surface area contributed by atoms with Gasteiger partial charge in [0.2, 0.25) is 0 Å². The van der Waals surface area contributed by atoms with Gasteiger partial charge in [-0.3, -0.25) is 0 Å². The summed E-state index contributed by atoms with van der Waals surface area (Å²) in [5.74, 6) is 0. The van der Waals surface area contributed by atoms with Gasteiger partial charge in [-0.1, -0.05) is 23.2 Å². The molecule has 0 radical (unpaired) electrons. The molecule has 116 valence electrons. The molecule has 1 heterocycles. The Morgan fingerprint density at radius 2 is 2.05 bits per heavy atom. The minimum atomic E-state index is -0.100. The third kappa shape index (κ3) is 3.97. The van der Waals surface area contributed by atoms with Crippen LogP contribution in [0.5, 0.6) is 0 Å². The predicted octanol–water partition coefficient (Wildman–Crippen LogP) is 3.50. The Balaban J connectivity index is 2.02. The third-order valence-electron chi connectivity index (χ3n) is 3.66. The molecular weight excluding hydrogens is 329 g/mol. The van der Waals surface area contributed by atoms with E-state index in [4.69, 9.17) is 23.2 Å². The van der Waals surface area contributed by atoms with Crippen molar-refractivity contribution < 1.29 is 4.79 Å². The normalized spacial score (nSPS) is 21.9. The zero-order valence-corrected chi connectivity index (χ0v) is 14.6. The molecule has 1 aliphatic rings. The number of hydrogen-bond donors (Lipinski definition) is 1. The second kappa shape index (κ2) is 7.09. The Morgan fingerprint density at radius 3 is 2.57 bits per heavy atom. The number of anilines is 1. The number of halogens is 2. The van der Waals surface area contributed by atoms with E-state index in [-0.39, 0.29) is 6.03 Å². The predicted molar refractivity (Wildman–Crippen MR) is 91.8 cm³/mol. The van der Waals surface area contributed by atoms with Crippen molar-refractivity contribution in [2.24, 2.45) is 0 Å². The number of nitrogens with one attached hydrogen (secondary N) is 1. The second-order valence-electron chi connectivity index (χ2n) is 5.27. The fraction of sp³-hybridized carbons (Fsp3) is 0.500. The van der Waals surface area contributed by atoms with Gasteiger partial charge >= 0.3 is 6.03 Å². The van der Waals surface area contributed by atoms with Crippen molar-refractivity contribution in [2.45, 2.75) is 11.3 Å². The summed E-state index contributed by atoms with van der Waals surface area (Å²) in [6, 6.07) is 5.36. The van der Waals surface area contributed by atoms with E-state index in [1.165, 1.54) is 0 Å². The van der Waals surface area contributed by atoms with Gasteiger partial charge in [0.15, 0.2) is 0 Å². The van der Waals surface area contributed by atoms with Gasteiger partial charge in [-0.05, 0) is 38.6 Å². The monoisotopic (exact) mass is 347 g/mol. The van der Waals surface area contributed by atoms with E-state index < -0.39 is 0 Å². The number of hydrogen-bond acceptors (Lipinski definition) is 3. The molecule has 1 N–H and O–H groups in total. The molecule has 1 fully saturated rings. The lowest BCUT2D eigenvalue weighted by Crippen LogP contribution is -2.38. The Bertz CT molecular complexity index is 527. The number of nitrogens with zero attached hydrogens (tertiary/aromatic N) is 2. The van der Waals surface area contributed by atoms with Crippen molar-refractivity contribution in [3.8, 4) is 0 Å². The number of benzene rings is 1. The first-order chi connectivity index (χ1) is 9.92. The summed E-state index contributed by atoms with van der Waals surface area (Å²) in [7, 11) is 4.10. The van der Waals surface area contributed by atoms with Crippen LogP contribution in [0.15, 0.2) is 18.2 Å². The van der Waals surface area contributed by atoms with E-state index in [0.29, 0.717) is 27.0 Å². The van der Waals surface area contributed by atoms with Gasteiger partial charge in [0.1, 0.15) is 0 Å². The van der Waals surface area contributed by atoms with Crippen molar-refractivity contribution >= 4 is 46.7 Å². The molecule has 0 aliphatic carbocycles. The zero-order valence-electron chi connectivity index (χ0n) is 12.3. The SMILES string of the molecule is CS[C@@H]1CN(C(=O)Nc2ccc(Cl)c(Cl)c2)C[C@@H]1N(C)C. The van der Waals surface area contributed by atoms with Gasteiger partial charge in [0.25, 0.3) is 0 Å². The molecule has 2 amide bonds. The standard InChI is InChI=1S/C14H19Cl2N3OS/c1-18(2)12-7-19(8-13(12)21-3)14(20)17-9-4-5-10(15)11(16)6-9/h4-6,12-13H,7-8H2,1-3H3,(H,17,20)/t12-,13+/m0/s1. The quantitative estimate of drug-likeness (QED) is 0.908. The Labute approximate surface area is 139 Å². The van der Waals surface area contributed by atoms with Crippen LogP contribution in [0, 0.1) is 0 Å². The summed E-state index contributed by atoms with van der Waals surface area (Å²) in [4.78, 5) is 16.4. The van der Waals surface area contributed by atoms with Crippen LogP contribution < -0.4 is 5.32 Å². The number of carbonyl (C=O) groups is 1. The van der Waals surface area contributed by atoms with E-state index >= 15 is 0 Å². The van der Waals surface area contributed by atoms with E-state index in [2.05, 4.69) is 16.5 Å². The molecule has 0 aromatic heterocycles. The lowest BCUT2D eigenvalue weighted by molar-refractivity contribution is 0.216. The molecule has 2 rings (SSSR count). The highest BCUT2D eigenvalue weighted by Gasteiger charge is 2.35. The van der Waals surface area contributed by atoms with Gasteiger partial charge in [0.05, 0.1) is 10.0 Å². The van der Waals surface area contributed by atoms with Crippen molar-refractivity contribution in [2.75, 3.05) is 38.8 Å². The molecule has 21 heavy (non-hydrogen) atoms. The average Bonchev–Trinajstić information content (AvgIpc) is 2.87. The molecule has 1 saturated heterocycles. The summed E-state index contributed by atoms with van der Waals surface area (Å²) in [5, 5.41) is 4.21. The number of amides is 2. The molecule has 1 aromatic rings. The highest BCUT2D eigenvalue weighted by atomic mass is 35.5. The molecule has 0 saturated carbocycles. The van der Waals surface area contributed by atoms with Crippen molar-refractivity contribution in [1.82, 2.24) is 9.80 Å². The first-order valence-corrected chi connectivity index (χ1v) is 8.67. The molecule has 4 nitrogen and oxygen atoms in total. The highest BCUT2D eigenvalue weighted by molar-refractivity contribution is 7.99. The van der Waals surface area contributed by atoms with E-state index in [0.717, 1.165) is 13.1 Å². The van der Waals surface area contributed by atoms with Crippen LogP contribution in [0.2, 0.25) is 10.0 Å². The Kier molecular flexibility index (Phi) is 5.66. The first-order valence-electron chi connectivity index (χ1n) is 6.62. The number of likely N-dealkylation sites (N-methyl/N-ethyl adjacent to an activating group) is 1. The minimum Gasteiger partial charge on any atom is -0.322 e.